The SMILES string of the molecule is CC1CN(C(=O)NCC(C)(C)C(=O)O)CC(C)N1C. The second-order valence-electron chi connectivity index (χ2n) is 6.12. The Morgan fingerprint density at radius 3 is 2.16 bits per heavy atom. The Hall–Kier alpha value is -1.30. The van der Waals surface area contributed by atoms with Gasteiger partial charge in [0.25, 0.3) is 0 Å². The lowest BCUT2D eigenvalue weighted by Gasteiger charge is -2.42. The highest BCUT2D eigenvalue weighted by Crippen LogP contribution is 2.15. The van der Waals surface area contributed by atoms with Crippen LogP contribution in [0.2, 0.25) is 0 Å². The van der Waals surface area contributed by atoms with Gasteiger partial charge >= 0.3 is 12.0 Å². The minimum Gasteiger partial charge on any atom is -0.481 e. The lowest BCUT2D eigenvalue weighted by Crippen LogP contribution is -2.59. The van der Waals surface area contributed by atoms with E-state index in [2.05, 4.69) is 31.1 Å². The highest BCUT2D eigenvalue weighted by molar-refractivity contribution is 5.77. The first-order valence-corrected chi connectivity index (χ1v) is 6.63. The topological polar surface area (TPSA) is 72.9 Å². The number of carboxylic acid groups (broad SMARTS) is 1. The molecule has 0 aromatic carbocycles. The molecule has 1 aliphatic heterocycles. The molecule has 0 saturated carbocycles. The number of hydrogen-bond acceptors (Lipinski definition) is 3. The highest BCUT2D eigenvalue weighted by Gasteiger charge is 2.32. The number of urea groups is 1. The molecule has 1 saturated heterocycles. The van der Waals surface area contributed by atoms with E-state index in [0.29, 0.717) is 25.2 Å². The molecule has 0 bridgehead atoms. The molecule has 0 spiro atoms. The second-order valence-corrected chi connectivity index (χ2v) is 6.12. The van der Waals surface area contributed by atoms with Crippen molar-refractivity contribution in [2.75, 3.05) is 26.7 Å². The van der Waals surface area contributed by atoms with Gasteiger partial charge in [-0.2, -0.15) is 0 Å². The summed E-state index contributed by atoms with van der Waals surface area (Å²) in [6.07, 6.45) is 0. The largest absolute Gasteiger partial charge is 0.481 e. The van der Waals surface area contributed by atoms with E-state index < -0.39 is 11.4 Å². The maximum Gasteiger partial charge on any atom is 0.317 e. The fourth-order valence-electron chi connectivity index (χ4n) is 2.05. The number of rotatable bonds is 3. The van der Waals surface area contributed by atoms with Crippen molar-refractivity contribution in [3.8, 4) is 0 Å². The molecule has 0 radical (unpaired) electrons. The van der Waals surface area contributed by atoms with Crippen LogP contribution in [0.1, 0.15) is 27.7 Å². The third-order valence-corrected chi connectivity index (χ3v) is 3.91. The van der Waals surface area contributed by atoms with Gasteiger partial charge in [0, 0.05) is 31.7 Å². The van der Waals surface area contributed by atoms with Gasteiger partial charge in [-0.15, -0.1) is 0 Å². The normalized spacial score (nSPS) is 25.2. The van der Waals surface area contributed by atoms with Crippen LogP contribution in [0.4, 0.5) is 4.79 Å². The second kappa shape index (κ2) is 5.77. The Labute approximate surface area is 114 Å². The number of carbonyl (C=O) groups is 2. The smallest absolute Gasteiger partial charge is 0.317 e. The minimum atomic E-state index is -0.945. The van der Waals surface area contributed by atoms with Crippen molar-refractivity contribution < 1.29 is 14.7 Å². The zero-order valence-corrected chi connectivity index (χ0v) is 12.4. The standard InChI is InChI=1S/C13H25N3O3/c1-9-6-16(7-10(2)15(9)5)12(19)14-8-13(3,4)11(17)18/h9-10H,6-8H2,1-5H3,(H,14,19)(H,17,18). The van der Waals surface area contributed by atoms with Crippen molar-refractivity contribution >= 4 is 12.0 Å². The van der Waals surface area contributed by atoms with Gasteiger partial charge in [0.2, 0.25) is 0 Å². The number of piperazine rings is 1. The molecule has 19 heavy (non-hydrogen) atoms. The fraction of sp³-hybridized carbons (Fsp3) is 0.846. The molecule has 2 atom stereocenters. The number of hydrogen-bond donors (Lipinski definition) is 2. The third-order valence-electron chi connectivity index (χ3n) is 3.91. The monoisotopic (exact) mass is 271 g/mol. The van der Waals surface area contributed by atoms with Gasteiger partial charge in [-0.05, 0) is 34.7 Å². The molecule has 2 amide bonds. The van der Waals surface area contributed by atoms with Crippen LogP contribution < -0.4 is 5.32 Å². The van der Waals surface area contributed by atoms with Crippen molar-refractivity contribution in [3.05, 3.63) is 0 Å². The Morgan fingerprint density at radius 1 is 1.26 bits per heavy atom. The summed E-state index contributed by atoms with van der Waals surface area (Å²) in [7, 11) is 2.05. The molecule has 1 aliphatic rings. The van der Waals surface area contributed by atoms with E-state index in [-0.39, 0.29) is 12.6 Å². The van der Waals surface area contributed by atoms with Gasteiger partial charge in [-0.25, -0.2) is 4.79 Å². The van der Waals surface area contributed by atoms with Gasteiger partial charge in [0.1, 0.15) is 0 Å². The maximum absolute atomic E-state index is 12.1. The Kier molecular flexibility index (Phi) is 4.79. The van der Waals surface area contributed by atoms with Crippen LogP contribution >= 0.6 is 0 Å². The van der Waals surface area contributed by atoms with Crippen molar-refractivity contribution in [1.29, 1.82) is 0 Å². The molecule has 0 aromatic rings. The van der Waals surface area contributed by atoms with Crippen LogP contribution in [0, 0.1) is 5.41 Å². The first kappa shape index (κ1) is 15.8. The van der Waals surface area contributed by atoms with E-state index in [0.717, 1.165) is 0 Å². The van der Waals surface area contributed by atoms with Crippen LogP contribution in [0.3, 0.4) is 0 Å². The van der Waals surface area contributed by atoms with Gasteiger partial charge in [-0.1, -0.05) is 0 Å². The lowest BCUT2D eigenvalue weighted by atomic mass is 9.94. The van der Waals surface area contributed by atoms with Crippen LogP contribution in [-0.4, -0.2) is 65.7 Å². The molecule has 110 valence electrons. The molecule has 0 aliphatic carbocycles. The lowest BCUT2D eigenvalue weighted by molar-refractivity contribution is -0.146. The third kappa shape index (κ3) is 3.83. The van der Waals surface area contributed by atoms with Gasteiger partial charge in [-0.3, -0.25) is 9.69 Å². The van der Waals surface area contributed by atoms with Crippen molar-refractivity contribution in [3.63, 3.8) is 0 Å². The molecular formula is C13H25N3O3. The van der Waals surface area contributed by atoms with Gasteiger partial charge < -0.3 is 15.3 Å². The van der Waals surface area contributed by atoms with E-state index in [9.17, 15) is 9.59 Å². The zero-order chi connectivity index (χ0) is 14.8. The number of carbonyl (C=O) groups excluding carboxylic acids is 1. The van der Waals surface area contributed by atoms with E-state index in [1.165, 1.54) is 0 Å². The number of nitrogens with zero attached hydrogens (tertiary/aromatic N) is 2. The van der Waals surface area contributed by atoms with Crippen molar-refractivity contribution in [2.45, 2.75) is 39.8 Å². The van der Waals surface area contributed by atoms with Gasteiger partial charge in [0.05, 0.1) is 5.41 Å². The first-order valence-electron chi connectivity index (χ1n) is 6.63. The van der Waals surface area contributed by atoms with Gasteiger partial charge in [0.15, 0.2) is 0 Å². The summed E-state index contributed by atoms with van der Waals surface area (Å²) in [5.74, 6) is -0.909. The van der Waals surface area contributed by atoms with Crippen LogP contribution in [0.5, 0.6) is 0 Å². The predicted molar refractivity (Wildman–Crippen MR) is 73.1 cm³/mol. The number of carboxylic acids is 1. The number of amides is 2. The molecule has 6 nitrogen and oxygen atoms in total. The number of nitrogens with one attached hydrogen (secondary N) is 1. The van der Waals surface area contributed by atoms with Crippen molar-refractivity contribution in [2.24, 2.45) is 5.41 Å². The highest BCUT2D eigenvalue weighted by atomic mass is 16.4. The summed E-state index contributed by atoms with van der Waals surface area (Å²) >= 11 is 0. The Morgan fingerprint density at radius 2 is 1.74 bits per heavy atom. The zero-order valence-electron chi connectivity index (χ0n) is 12.4. The first-order chi connectivity index (χ1) is 8.65. The Bertz CT molecular complexity index is 345. The predicted octanol–water partition coefficient (Wildman–Crippen LogP) is 0.831. The van der Waals surface area contributed by atoms with E-state index in [1.807, 2.05) is 0 Å². The summed E-state index contributed by atoms with van der Waals surface area (Å²) in [6, 6.07) is 0.435. The molecule has 1 rings (SSSR count). The maximum atomic E-state index is 12.1. The molecule has 6 heteroatoms. The molecular weight excluding hydrogens is 246 g/mol. The minimum absolute atomic E-state index is 0.135. The molecule has 1 heterocycles. The average Bonchev–Trinajstić information content (AvgIpc) is 2.32. The van der Waals surface area contributed by atoms with Crippen LogP contribution in [0.15, 0.2) is 0 Å². The van der Waals surface area contributed by atoms with E-state index in [4.69, 9.17) is 5.11 Å². The summed E-state index contributed by atoms with van der Waals surface area (Å²) in [6.45, 7) is 8.83. The summed E-state index contributed by atoms with van der Waals surface area (Å²) < 4.78 is 0. The van der Waals surface area contributed by atoms with E-state index in [1.54, 1.807) is 18.7 Å². The molecule has 2 unspecified atom stereocenters. The van der Waals surface area contributed by atoms with Crippen molar-refractivity contribution in [1.82, 2.24) is 15.1 Å². The Balaban J connectivity index is 2.53. The number of likely N-dealkylation sites (N-methyl/N-ethyl adjacent to an activating group) is 1. The van der Waals surface area contributed by atoms with Crippen LogP contribution in [0.25, 0.3) is 0 Å². The molecule has 2 N–H and O–H groups in total. The number of aliphatic carboxylic acids is 1. The quantitative estimate of drug-likeness (QED) is 0.797. The summed E-state index contributed by atoms with van der Waals surface area (Å²) in [4.78, 5) is 27.1. The summed E-state index contributed by atoms with van der Waals surface area (Å²) in [5, 5.41) is 11.7. The van der Waals surface area contributed by atoms with Crippen LogP contribution in [-0.2, 0) is 4.79 Å². The van der Waals surface area contributed by atoms with E-state index >= 15 is 0 Å². The summed E-state index contributed by atoms with van der Waals surface area (Å²) in [5.41, 5.74) is -0.945. The molecule has 1 fully saturated rings. The average molecular weight is 271 g/mol. The molecule has 0 aromatic heterocycles. The fourth-order valence-corrected chi connectivity index (χ4v) is 2.05.